The summed E-state index contributed by atoms with van der Waals surface area (Å²) in [5.74, 6) is 0.888. The van der Waals surface area contributed by atoms with Crippen molar-refractivity contribution < 1.29 is 14.3 Å². The summed E-state index contributed by atoms with van der Waals surface area (Å²) >= 11 is 0. The first-order chi connectivity index (χ1) is 14.0. The van der Waals surface area contributed by atoms with Crippen molar-refractivity contribution >= 4 is 34.7 Å². The number of hydrogen-bond donors (Lipinski definition) is 3. The van der Waals surface area contributed by atoms with Crippen LogP contribution in [-0.2, 0) is 9.53 Å². The molecule has 0 saturated heterocycles. The average Bonchev–Trinajstić information content (AvgIpc) is 2.68. The zero-order valence-electron chi connectivity index (χ0n) is 16.1. The fourth-order valence-electron chi connectivity index (χ4n) is 2.71. The van der Waals surface area contributed by atoms with Crippen LogP contribution in [0.15, 0.2) is 24.3 Å². The number of carbonyl (C=O) groups excluding carboxylic acids is 1. The van der Waals surface area contributed by atoms with Crippen LogP contribution in [0.1, 0.15) is 26.2 Å². The Bertz CT molecular complexity index is 1010. The molecule has 2 heterocycles. The maximum absolute atomic E-state index is 11.3. The van der Waals surface area contributed by atoms with E-state index in [9.17, 15) is 4.79 Å². The van der Waals surface area contributed by atoms with E-state index in [0.717, 1.165) is 12.0 Å². The minimum absolute atomic E-state index is 0.0141. The molecule has 0 radical (unpaired) electrons. The van der Waals surface area contributed by atoms with E-state index in [1.807, 2.05) is 24.3 Å². The van der Waals surface area contributed by atoms with Crippen molar-refractivity contribution in [2.45, 2.75) is 26.2 Å². The van der Waals surface area contributed by atoms with E-state index in [4.69, 9.17) is 26.7 Å². The van der Waals surface area contributed by atoms with E-state index in [2.05, 4.69) is 19.9 Å². The molecule has 29 heavy (non-hydrogen) atoms. The van der Waals surface area contributed by atoms with Gasteiger partial charge in [-0.25, -0.2) is 9.97 Å². The predicted molar refractivity (Wildman–Crippen MR) is 110 cm³/mol. The number of nitrogens with zero attached hydrogens (tertiary/aromatic N) is 4. The molecule has 3 aromatic rings. The molecule has 0 bridgehead atoms. The van der Waals surface area contributed by atoms with Crippen molar-refractivity contribution in [2.24, 2.45) is 0 Å². The Morgan fingerprint density at radius 2 is 1.72 bits per heavy atom. The maximum Gasteiger partial charge on any atom is 0.305 e. The highest BCUT2D eigenvalue weighted by Gasteiger charge is 2.13. The molecular weight excluding hydrogens is 374 g/mol. The Kier molecular flexibility index (Phi) is 6.22. The number of ether oxygens (including phenoxy) is 2. The van der Waals surface area contributed by atoms with Crippen molar-refractivity contribution in [1.82, 2.24) is 19.9 Å². The largest absolute Gasteiger partial charge is 0.494 e. The molecule has 2 aromatic heterocycles. The third-order valence-electron chi connectivity index (χ3n) is 4.08. The summed E-state index contributed by atoms with van der Waals surface area (Å²) in [7, 11) is 0. The minimum atomic E-state index is -0.181. The van der Waals surface area contributed by atoms with Crippen LogP contribution in [-0.4, -0.2) is 39.1 Å². The summed E-state index contributed by atoms with van der Waals surface area (Å²) in [6, 6.07) is 7.28. The van der Waals surface area contributed by atoms with Crippen molar-refractivity contribution in [2.75, 3.05) is 30.4 Å². The van der Waals surface area contributed by atoms with Crippen LogP contribution in [0.3, 0.4) is 0 Å². The molecule has 0 amide bonds. The Balaban J connectivity index is 1.64. The molecule has 6 N–H and O–H groups in total. The molecule has 0 atom stereocenters. The summed E-state index contributed by atoms with van der Waals surface area (Å²) in [5, 5.41) is 0. The molecule has 152 valence electrons. The molecule has 0 unspecified atom stereocenters. The number of fused-ring (bicyclic) bond motifs is 1. The number of benzene rings is 1. The maximum atomic E-state index is 11.3. The Morgan fingerprint density at radius 3 is 2.45 bits per heavy atom. The second kappa shape index (κ2) is 9.00. The number of carbonyl (C=O) groups is 1. The van der Waals surface area contributed by atoms with Gasteiger partial charge in [-0.3, -0.25) is 4.79 Å². The summed E-state index contributed by atoms with van der Waals surface area (Å²) in [5.41, 5.74) is 19.3. The fraction of sp³-hybridized carbons (Fsp3) is 0.316. The molecule has 10 nitrogen and oxygen atoms in total. The molecule has 3 rings (SSSR count). The zero-order chi connectivity index (χ0) is 20.8. The van der Waals surface area contributed by atoms with Crippen molar-refractivity contribution in [3.05, 3.63) is 24.3 Å². The fourth-order valence-corrected chi connectivity index (χ4v) is 2.71. The van der Waals surface area contributed by atoms with E-state index >= 15 is 0 Å². The number of rotatable bonds is 8. The molecule has 0 fully saturated rings. The van der Waals surface area contributed by atoms with E-state index in [-0.39, 0.29) is 29.2 Å². The van der Waals surface area contributed by atoms with Gasteiger partial charge in [-0.05, 0) is 44.0 Å². The summed E-state index contributed by atoms with van der Waals surface area (Å²) in [6.07, 6.45) is 1.87. The molecule has 0 aliphatic rings. The second-order valence-electron chi connectivity index (χ2n) is 6.23. The van der Waals surface area contributed by atoms with Crippen molar-refractivity contribution in [1.29, 1.82) is 0 Å². The van der Waals surface area contributed by atoms with Crippen LogP contribution < -0.4 is 21.9 Å². The van der Waals surface area contributed by atoms with Gasteiger partial charge in [0.15, 0.2) is 22.8 Å². The number of nitrogens with two attached hydrogens (primary N) is 3. The highest BCUT2D eigenvalue weighted by Crippen LogP contribution is 2.27. The standard InChI is InChI=1S/C19H23N7O3/c1-2-28-13(27)5-3-4-10-29-12-8-6-11(7-9-12)14-16(20)24-18-15(23-14)17(21)25-19(22)26-18/h6-9H,2-5,10H2,1H3,(H6,20,21,22,24,25,26). The minimum Gasteiger partial charge on any atom is -0.494 e. The number of unbranched alkanes of at least 4 members (excludes halogenated alkanes) is 1. The third kappa shape index (κ3) is 4.98. The first-order valence-corrected chi connectivity index (χ1v) is 9.23. The number of nitrogen functional groups attached to an aromatic ring is 3. The van der Waals surface area contributed by atoms with Gasteiger partial charge in [-0.2, -0.15) is 9.97 Å². The predicted octanol–water partition coefficient (Wildman–Crippen LogP) is 1.95. The van der Waals surface area contributed by atoms with Gasteiger partial charge in [0.1, 0.15) is 11.4 Å². The zero-order valence-corrected chi connectivity index (χ0v) is 16.1. The van der Waals surface area contributed by atoms with Gasteiger partial charge >= 0.3 is 5.97 Å². The summed E-state index contributed by atoms with van der Waals surface area (Å²) in [4.78, 5) is 27.9. The van der Waals surface area contributed by atoms with Gasteiger partial charge in [0.25, 0.3) is 0 Å². The Hall–Kier alpha value is -3.69. The quantitative estimate of drug-likeness (QED) is 0.377. The molecule has 0 aliphatic carbocycles. The smallest absolute Gasteiger partial charge is 0.305 e. The number of esters is 1. The summed E-state index contributed by atoms with van der Waals surface area (Å²) < 4.78 is 10.6. The van der Waals surface area contributed by atoms with Crippen molar-refractivity contribution in [3.8, 4) is 17.0 Å². The van der Waals surface area contributed by atoms with Gasteiger partial charge in [-0.1, -0.05) is 0 Å². The topological polar surface area (TPSA) is 165 Å². The van der Waals surface area contributed by atoms with Crippen molar-refractivity contribution in [3.63, 3.8) is 0 Å². The second-order valence-corrected chi connectivity index (χ2v) is 6.23. The van der Waals surface area contributed by atoms with Gasteiger partial charge in [0.2, 0.25) is 5.95 Å². The van der Waals surface area contributed by atoms with E-state index in [0.29, 0.717) is 43.0 Å². The Morgan fingerprint density at radius 1 is 0.966 bits per heavy atom. The van der Waals surface area contributed by atoms with Crippen LogP contribution in [0.5, 0.6) is 5.75 Å². The lowest BCUT2D eigenvalue weighted by molar-refractivity contribution is -0.143. The van der Waals surface area contributed by atoms with Gasteiger partial charge in [0.05, 0.1) is 13.2 Å². The highest BCUT2D eigenvalue weighted by atomic mass is 16.5. The van der Waals surface area contributed by atoms with Gasteiger partial charge < -0.3 is 26.7 Å². The van der Waals surface area contributed by atoms with Gasteiger partial charge in [-0.15, -0.1) is 0 Å². The molecule has 0 aliphatic heterocycles. The van der Waals surface area contributed by atoms with E-state index in [1.54, 1.807) is 6.92 Å². The Labute approximate surface area is 167 Å². The third-order valence-corrected chi connectivity index (χ3v) is 4.08. The summed E-state index contributed by atoms with van der Waals surface area (Å²) in [6.45, 7) is 2.70. The monoisotopic (exact) mass is 397 g/mol. The highest BCUT2D eigenvalue weighted by molar-refractivity contribution is 5.87. The lowest BCUT2D eigenvalue weighted by Crippen LogP contribution is -2.06. The van der Waals surface area contributed by atoms with Gasteiger partial charge in [0, 0.05) is 12.0 Å². The van der Waals surface area contributed by atoms with Crippen LogP contribution in [0, 0.1) is 0 Å². The lowest BCUT2D eigenvalue weighted by atomic mass is 10.1. The van der Waals surface area contributed by atoms with Crippen LogP contribution in [0.2, 0.25) is 0 Å². The van der Waals surface area contributed by atoms with Crippen LogP contribution >= 0.6 is 0 Å². The SMILES string of the molecule is CCOC(=O)CCCCOc1ccc(-c2nc3c(N)nc(N)nc3nc2N)cc1. The normalized spacial score (nSPS) is 10.8. The number of hydrogen-bond acceptors (Lipinski definition) is 10. The molecule has 1 aromatic carbocycles. The number of aromatic nitrogens is 4. The first kappa shape index (κ1) is 20.1. The first-order valence-electron chi connectivity index (χ1n) is 9.23. The molecule has 0 spiro atoms. The van der Waals surface area contributed by atoms with E-state index in [1.165, 1.54) is 0 Å². The molecular formula is C19H23N7O3. The van der Waals surface area contributed by atoms with Crippen LogP contribution in [0.4, 0.5) is 17.6 Å². The van der Waals surface area contributed by atoms with Crippen LogP contribution in [0.25, 0.3) is 22.4 Å². The molecule has 10 heteroatoms. The average molecular weight is 397 g/mol. The number of anilines is 3. The molecule has 0 saturated carbocycles. The lowest BCUT2D eigenvalue weighted by Gasteiger charge is -2.09. The van der Waals surface area contributed by atoms with E-state index < -0.39 is 0 Å².